The number of anilines is 1. The molecular formula is C17H18N2O2. The summed E-state index contributed by atoms with van der Waals surface area (Å²) in [6.07, 6.45) is 0. The van der Waals surface area contributed by atoms with E-state index in [1.54, 1.807) is 20.3 Å². The minimum absolute atomic E-state index is 0.0561. The van der Waals surface area contributed by atoms with Gasteiger partial charge in [-0.25, -0.2) is 0 Å². The predicted molar refractivity (Wildman–Crippen MR) is 82.7 cm³/mol. The molecule has 0 spiro atoms. The van der Waals surface area contributed by atoms with Gasteiger partial charge in [-0.05, 0) is 36.8 Å². The van der Waals surface area contributed by atoms with E-state index >= 15 is 0 Å². The lowest BCUT2D eigenvalue weighted by Crippen LogP contribution is -2.08. The molecule has 0 amide bonds. The quantitative estimate of drug-likeness (QED) is 0.907. The average molecular weight is 282 g/mol. The molecule has 2 aromatic carbocycles. The highest BCUT2D eigenvalue weighted by Crippen LogP contribution is 2.31. The van der Waals surface area contributed by atoms with Gasteiger partial charge >= 0.3 is 0 Å². The van der Waals surface area contributed by atoms with E-state index in [4.69, 9.17) is 14.7 Å². The van der Waals surface area contributed by atoms with E-state index in [1.165, 1.54) is 0 Å². The van der Waals surface area contributed by atoms with Crippen LogP contribution in [0.15, 0.2) is 42.5 Å². The summed E-state index contributed by atoms with van der Waals surface area (Å²) in [6.45, 7) is 2.04. The van der Waals surface area contributed by atoms with Crippen molar-refractivity contribution in [3.63, 3.8) is 0 Å². The molecule has 1 atom stereocenters. The number of nitrogens with zero attached hydrogens (tertiary/aromatic N) is 1. The first-order chi connectivity index (χ1) is 10.2. The Kier molecular flexibility index (Phi) is 4.68. The molecule has 0 heterocycles. The van der Waals surface area contributed by atoms with Gasteiger partial charge in [0.15, 0.2) is 0 Å². The maximum absolute atomic E-state index is 8.97. The minimum atomic E-state index is 0.0561. The molecule has 0 saturated carbocycles. The zero-order valence-electron chi connectivity index (χ0n) is 12.4. The molecule has 21 heavy (non-hydrogen) atoms. The Morgan fingerprint density at radius 2 is 1.90 bits per heavy atom. The van der Waals surface area contributed by atoms with Crippen molar-refractivity contribution in [3.8, 4) is 17.6 Å². The highest BCUT2D eigenvalue weighted by Gasteiger charge is 2.10. The summed E-state index contributed by atoms with van der Waals surface area (Å²) in [4.78, 5) is 0. The lowest BCUT2D eigenvalue weighted by Gasteiger charge is -2.18. The first kappa shape index (κ1) is 14.7. The predicted octanol–water partition coefficient (Wildman–Crippen LogP) is 3.75. The summed E-state index contributed by atoms with van der Waals surface area (Å²) in [5, 5.41) is 12.4. The molecule has 0 fully saturated rings. The Bertz CT molecular complexity index is 662. The van der Waals surface area contributed by atoms with Crippen LogP contribution in [0, 0.1) is 11.3 Å². The van der Waals surface area contributed by atoms with Crippen molar-refractivity contribution in [2.45, 2.75) is 13.0 Å². The third-order valence-corrected chi connectivity index (χ3v) is 3.30. The molecule has 0 radical (unpaired) electrons. The van der Waals surface area contributed by atoms with Gasteiger partial charge in [-0.1, -0.05) is 12.1 Å². The van der Waals surface area contributed by atoms with E-state index in [0.29, 0.717) is 5.56 Å². The molecule has 2 rings (SSSR count). The topological polar surface area (TPSA) is 54.3 Å². The van der Waals surface area contributed by atoms with Crippen LogP contribution in [-0.4, -0.2) is 14.2 Å². The fourth-order valence-electron chi connectivity index (χ4n) is 2.11. The Morgan fingerprint density at radius 3 is 2.57 bits per heavy atom. The van der Waals surface area contributed by atoms with Crippen LogP contribution in [0.4, 0.5) is 5.69 Å². The molecule has 0 aromatic heterocycles. The molecule has 1 N–H and O–H groups in total. The van der Waals surface area contributed by atoms with Gasteiger partial charge < -0.3 is 14.8 Å². The van der Waals surface area contributed by atoms with Crippen molar-refractivity contribution < 1.29 is 9.47 Å². The molecule has 0 saturated heterocycles. The van der Waals surface area contributed by atoms with Gasteiger partial charge in [-0.15, -0.1) is 0 Å². The fraction of sp³-hybridized carbons (Fsp3) is 0.235. The average Bonchev–Trinajstić information content (AvgIpc) is 2.55. The third-order valence-electron chi connectivity index (χ3n) is 3.30. The van der Waals surface area contributed by atoms with Crippen molar-refractivity contribution in [3.05, 3.63) is 53.6 Å². The second-order valence-corrected chi connectivity index (χ2v) is 4.67. The zero-order valence-corrected chi connectivity index (χ0v) is 12.4. The van der Waals surface area contributed by atoms with Gasteiger partial charge in [0, 0.05) is 12.1 Å². The summed E-state index contributed by atoms with van der Waals surface area (Å²) in [5.41, 5.74) is 2.59. The highest BCUT2D eigenvalue weighted by atomic mass is 16.5. The SMILES string of the molecule is COc1ccc(NC(C)c2cccc(C#N)c2)c(OC)c1. The number of nitriles is 1. The number of methoxy groups -OCH3 is 2. The lowest BCUT2D eigenvalue weighted by molar-refractivity contribution is 0.395. The zero-order chi connectivity index (χ0) is 15.2. The van der Waals surface area contributed by atoms with Gasteiger partial charge in [0.05, 0.1) is 31.5 Å². The molecule has 0 bridgehead atoms. The molecule has 0 aliphatic heterocycles. The molecule has 108 valence electrons. The van der Waals surface area contributed by atoms with E-state index in [1.807, 2.05) is 43.3 Å². The number of nitrogens with one attached hydrogen (secondary N) is 1. The van der Waals surface area contributed by atoms with Crippen LogP contribution in [0.3, 0.4) is 0 Å². The maximum Gasteiger partial charge on any atom is 0.145 e. The van der Waals surface area contributed by atoms with Crippen LogP contribution >= 0.6 is 0 Å². The number of hydrogen-bond acceptors (Lipinski definition) is 4. The highest BCUT2D eigenvalue weighted by molar-refractivity contribution is 5.60. The van der Waals surface area contributed by atoms with Crippen molar-refractivity contribution in [2.24, 2.45) is 0 Å². The number of rotatable bonds is 5. The van der Waals surface area contributed by atoms with Crippen LogP contribution in [0.5, 0.6) is 11.5 Å². The maximum atomic E-state index is 8.97. The number of benzene rings is 2. The normalized spacial score (nSPS) is 11.3. The minimum Gasteiger partial charge on any atom is -0.497 e. The van der Waals surface area contributed by atoms with Crippen LogP contribution < -0.4 is 14.8 Å². The van der Waals surface area contributed by atoms with Gasteiger partial charge in [-0.3, -0.25) is 0 Å². The van der Waals surface area contributed by atoms with Gasteiger partial charge in [-0.2, -0.15) is 5.26 Å². The van der Waals surface area contributed by atoms with Crippen molar-refractivity contribution in [1.29, 1.82) is 5.26 Å². The van der Waals surface area contributed by atoms with Crippen molar-refractivity contribution in [1.82, 2.24) is 0 Å². The molecule has 0 aliphatic carbocycles. The molecule has 1 unspecified atom stereocenters. The van der Waals surface area contributed by atoms with Crippen LogP contribution in [0.1, 0.15) is 24.1 Å². The standard InChI is InChI=1S/C17H18N2O2/c1-12(14-6-4-5-13(9-14)11-18)19-16-8-7-15(20-2)10-17(16)21-3/h4-10,12,19H,1-3H3. The van der Waals surface area contributed by atoms with E-state index in [2.05, 4.69) is 11.4 Å². The Labute approximate surface area is 124 Å². The van der Waals surface area contributed by atoms with Gasteiger partial charge in [0.25, 0.3) is 0 Å². The Hall–Kier alpha value is -2.67. The Balaban J connectivity index is 2.22. The Morgan fingerprint density at radius 1 is 1.10 bits per heavy atom. The van der Waals surface area contributed by atoms with E-state index < -0.39 is 0 Å². The molecule has 0 aliphatic rings. The van der Waals surface area contributed by atoms with Crippen LogP contribution in [0.25, 0.3) is 0 Å². The summed E-state index contributed by atoms with van der Waals surface area (Å²) in [7, 11) is 3.25. The molecular weight excluding hydrogens is 264 g/mol. The van der Waals surface area contributed by atoms with Crippen LogP contribution in [0.2, 0.25) is 0 Å². The number of hydrogen-bond donors (Lipinski definition) is 1. The van der Waals surface area contributed by atoms with E-state index in [0.717, 1.165) is 22.7 Å². The summed E-state index contributed by atoms with van der Waals surface area (Å²) in [5.74, 6) is 1.47. The summed E-state index contributed by atoms with van der Waals surface area (Å²) in [6, 6.07) is 15.4. The molecule has 4 heteroatoms. The van der Waals surface area contributed by atoms with Crippen molar-refractivity contribution in [2.75, 3.05) is 19.5 Å². The second kappa shape index (κ2) is 6.67. The van der Waals surface area contributed by atoms with Gasteiger partial charge in [0.2, 0.25) is 0 Å². The van der Waals surface area contributed by atoms with Crippen molar-refractivity contribution >= 4 is 5.69 Å². The third kappa shape index (κ3) is 3.46. The summed E-state index contributed by atoms with van der Waals surface area (Å²) < 4.78 is 10.6. The second-order valence-electron chi connectivity index (χ2n) is 4.67. The summed E-state index contributed by atoms with van der Waals surface area (Å²) >= 11 is 0. The first-order valence-electron chi connectivity index (χ1n) is 6.66. The van der Waals surface area contributed by atoms with E-state index in [-0.39, 0.29) is 6.04 Å². The molecule has 4 nitrogen and oxygen atoms in total. The number of ether oxygens (including phenoxy) is 2. The monoisotopic (exact) mass is 282 g/mol. The largest absolute Gasteiger partial charge is 0.497 e. The molecule has 2 aromatic rings. The fourth-order valence-corrected chi connectivity index (χ4v) is 2.11. The smallest absolute Gasteiger partial charge is 0.145 e. The first-order valence-corrected chi connectivity index (χ1v) is 6.66. The van der Waals surface area contributed by atoms with Crippen LogP contribution in [-0.2, 0) is 0 Å². The lowest BCUT2D eigenvalue weighted by atomic mass is 10.1. The van der Waals surface area contributed by atoms with E-state index in [9.17, 15) is 0 Å². The van der Waals surface area contributed by atoms with Gasteiger partial charge in [0.1, 0.15) is 11.5 Å².